The molecule has 2 atom stereocenters. The Balaban J connectivity index is 4.02. The van der Waals surface area contributed by atoms with Crippen molar-refractivity contribution in [3.63, 3.8) is 0 Å². The maximum absolute atomic E-state index is 12.6. The summed E-state index contributed by atoms with van der Waals surface area (Å²) in [5, 5.41) is 0. The lowest BCUT2D eigenvalue weighted by atomic mass is 10.0. The molecule has 0 radical (unpaired) electrons. The number of carbonyl (C=O) groups is 1. The van der Waals surface area contributed by atoms with E-state index in [1.54, 1.807) is 6.26 Å². The van der Waals surface area contributed by atoms with Crippen LogP contribution < -0.4 is 5.73 Å². The summed E-state index contributed by atoms with van der Waals surface area (Å²) in [5.41, 5.74) is 5.37. The van der Waals surface area contributed by atoms with Crippen molar-refractivity contribution in [1.82, 2.24) is 0 Å². The van der Waals surface area contributed by atoms with Crippen LogP contribution in [0.3, 0.4) is 0 Å². The number of allylic oxidation sites excluding steroid dienone is 5. The Hall–Kier alpha value is -1.44. The van der Waals surface area contributed by atoms with Crippen LogP contribution in [0.15, 0.2) is 36.6 Å². The standard InChI is InChI=1S/C47H90NO7P/c1-3-5-7-9-11-13-15-17-19-21-22-23-24-25-26-28-30-32-34-36-38-40-47(49)55-46(45-54-56(50,51)53-43-41-48)44-52-42-39-37-35-33-31-29-27-20-18-16-14-12-10-8-6-4-2/h17-20,39,42,46H,3-16,21-38,40-41,43-45,48H2,1-2H3,(H,50,51). The molecule has 0 amide bonds. The summed E-state index contributed by atoms with van der Waals surface area (Å²) in [4.78, 5) is 22.5. The predicted octanol–water partition coefficient (Wildman–Crippen LogP) is 14.5. The van der Waals surface area contributed by atoms with Crippen molar-refractivity contribution in [1.29, 1.82) is 0 Å². The summed E-state index contributed by atoms with van der Waals surface area (Å²) in [7, 11) is -4.30. The normalized spacial score (nSPS) is 13.6. The number of esters is 1. The molecule has 0 saturated carbocycles. The van der Waals surface area contributed by atoms with Crippen LogP contribution in [0.2, 0.25) is 0 Å². The van der Waals surface area contributed by atoms with Crippen LogP contribution >= 0.6 is 7.82 Å². The number of rotatable bonds is 45. The van der Waals surface area contributed by atoms with E-state index in [4.69, 9.17) is 24.3 Å². The van der Waals surface area contributed by atoms with Gasteiger partial charge in [0.25, 0.3) is 0 Å². The number of hydrogen-bond donors (Lipinski definition) is 2. The molecule has 3 N–H and O–H groups in total. The molecule has 56 heavy (non-hydrogen) atoms. The summed E-state index contributed by atoms with van der Waals surface area (Å²) in [6.07, 6.45) is 52.6. The highest BCUT2D eigenvalue weighted by Gasteiger charge is 2.25. The summed E-state index contributed by atoms with van der Waals surface area (Å²) in [6.45, 7) is 4.24. The fraction of sp³-hybridized carbons (Fsp3) is 0.851. The van der Waals surface area contributed by atoms with Crippen LogP contribution in [0, 0.1) is 0 Å². The van der Waals surface area contributed by atoms with Gasteiger partial charge in [-0.05, 0) is 76.7 Å². The third-order valence-corrected chi connectivity index (χ3v) is 11.1. The Bertz CT molecular complexity index is 957. The van der Waals surface area contributed by atoms with Gasteiger partial charge in [-0.2, -0.15) is 0 Å². The van der Waals surface area contributed by atoms with Crippen LogP contribution in [-0.4, -0.2) is 43.3 Å². The van der Waals surface area contributed by atoms with Crippen molar-refractivity contribution in [2.24, 2.45) is 5.73 Å². The Kier molecular flexibility index (Phi) is 43.5. The van der Waals surface area contributed by atoms with E-state index in [-0.39, 0.29) is 32.3 Å². The second kappa shape index (κ2) is 44.7. The first kappa shape index (κ1) is 54.6. The smallest absolute Gasteiger partial charge is 0.472 e. The number of nitrogens with two attached hydrogens (primary N) is 1. The fourth-order valence-electron chi connectivity index (χ4n) is 6.60. The third-order valence-electron chi connectivity index (χ3n) is 10.1. The van der Waals surface area contributed by atoms with Crippen molar-refractivity contribution < 1.29 is 32.8 Å². The van der Waals surface area contributed by atoms with Gasteiger partial charge in [0.1, 0.15) is 6.61 Å². The molecule has 0 heterocycles. The van der Waals surface area contributed by atoms with Gasteiger partial charge in [0, 0.05) is 13.0 Å². The molecular formula is C47H90NO7P. The van der Waals surface area contributed by atoms with Gasteiger partial charge in [-0.1, -0.05) is 173 Å². The molecule has 0 fully saturated rings. The molecule has 0 aromatic heterocycles. The lowest BCUT2D eigenvalue weighted by Crippen LogP contribution is -2.27. The van der Waals surface area contributed by atoms with Crippen molar-refractivity contribution >= 4 is 13.8 Å². The van der Waals surface area contributed by atoms with Gasteiger partial charge in [0.2, 0.25) is 0 Å². The highest BCUT2D eigenvalue weighted by atomic mass is 31.2. The average Bonchev–Trinajstić information content (AvgIpc) is 3.19. The maximum atomic E-state index is 12.6. The zero-order chi connectivity index (χ0) is 40.9. The van der Waals surface area contributed by atoms with Crippen LogP contribution in [0.5, 0.6) is 0 Å². The van der Waals surface area contributed by atoms with Gasteiger partial charge in [-0.3, -0.25) is 13.8 Å². The summed E-state index contributed by atoms with van der Waals surface area (Å²) in [5.74, 6) is -0.354. The van der Waals surface area contributed by atoms with Crippen molar-refractivity contribution in [2.75, 3.05) is 26.4 Å². The number of ether oxygens (including phenoxy) is 2. The second-order valence-corrected chi connectivity index (χ2v) is 17.1. The number of unbranched alkanes of at least 4 members (excludes halogenated alkanes) is 28. The Morgan fingerprint density at radius 1 is 0.536 bits per heavy atom. The molecule has 0 aliphatic rings. The molecule has 2 unspecified atom stereocenters. The van der Waals surface area contributed by atoms with Crippen LogP contribution in [0.1, 0.15) is 226 Å². The lowest BCUT2D eigenvalue weighted by Gasteiger charge is -2.19. The third kappa shape index (κ3) is 43.7. The van der Waals surface area contributed by atoms with Gasteiger partial charge in [0.15, 0.2) is 6.10 Å². The first-order valence-electron chi connectivity index (χ1n) is 23.5. The summed E-state index contributed by atoms with van der Waals surface area (Å²) >= 11 is 0. The Morgan fingerprint density at radius 2 is 0.911 bits per heavy atom. The van der Waals surface area contributed by atoms with Crippen molar-refractivity contribution in [3.8, 4) is 0 Å². The number of hydrogen-bond acceptors (Lipinski definition) is 7. The van der Waals surface area contributed by atoms with Crippen molar-refractivity contribution in [2.45, 2.75) is 232 Å². The van der Waals surface area contributed by atoms with Crippen LogP contribution in [0.25, 0.3) is 0 Å². The molecule has 0 rings (SSSR count). The molecule has 0 bridgehead atoms. The fourth-order valence-corrected chi connectivity index (χ4v) is 7.36. The molecule has 0 saturated heterocycles. The first-order chi connectivity index (χ1) is 27.4. The van der Waals surface area contributed by atoms with E-state index in [0.717, 1.165) is 38.5 Å². The minimum absolute atomic E-state index is 0.0283. The zero-order valence-corrected chi connectivity index (χ0v) is 37.5. The SMILES string of the molecule is CCCCCCCCC=CCCCCCCC=COCC(COP(=O)(O)OCCN)OC(=O)CCCCCCCCCCCCCC=CCCCCCCCC. The molecule has 0 aromatic carbocycles. The first-order valence-corrected chi connectivity index (χ1v) is 25.0. The molecule has 330 valence electrons. The van der Waals surface area contributed by atoms with E-state index in [9.17, 15) is 14.3 Å². The molecular weight excluding hydrogens is 721 g/mol. The van der Waals surface area contributed by atoms with E-state index >= 15 is 0 Å². The number of phosphoric acid groups is 1. The molecule has 0 aromatic rings. The zero-order valence-electron chi connectivity index (χ0n) is 36.6. The Morgan fingerprint density at radius 3 is 1.32 bits per heavy atom. The Labute approximate surface area is 346 Å². The second-order valence-electron chi connectivity index (χ2n) is 15.7. The van der Waals surface area contributed by atoms with Crippen LogP contribution in [-0.2, 0) is 27.9 Å². The van der Waals surface area contributed by atoms with E-state index in [1.165, 1.54) is 167 Å². The summed E-state index contributed by atoms with van der Waals surface area (Å²) in [6, 6.07) is 0. The van der Waals surface area contributed by atoms with Gasteiger partial charge in [-0.15, -0.1) is 0 Å². The van der Waals surface area contributed by atoms with E-state index in [0.29, 0.717) is 6.42 Å². The molecule has 9 heteroatoms. The number of phosphoric ester groups is 1. The monoisotopic (exact) mass is 812 g/mol. The van der Waals surface area contributed by atoms with Crippen molar-refractivity contribution in [3.05, 3.63) is 36.6 Å². The lowest BCUT2D eigenvalue weighted by molar-refractivity contribution is -0.153. The van der Waals surface area contributed by atoms with Gasteiger partial charge >= 0.3 is 13.8 Å². The number of carbonyl (C=O) groups excluding carboxylic acids is 1. The summed E-state index contributed by atoms with van der Waals surface area (Å²) < 4.78 is 33.2. The highest BCUT2D eigenvalue weighted by Crippen LogP contribution is 2.43. The van der Waals surface area contributed by atoms with E-state index in [1.807, 2.05) is 6.08 Å². The predicted molar refractivity (Wildman–Crippen MR) is 238 cm³/mol. The maximum Gasteiger partial charge on any atom is 0.472 e. The molecule has 0 aliphatic heterocycles. The largest absolute Gasteiger partial charge is 0.498 e. The highest BCUT2D eigenvalue weighted by molar-refractivity contribution is 7.47. The van der Waals surface area contributed by atoms with Crippen LogP contribution in [0.4, 0.5) is 0 Å². The minimum Gasteiger partial charge on any atom is -0.498 e. The molecule has 0 spiro atoms. The molecule has 0 aliphatic carbocycles. The van der Waals surface area contributed by atoms with Gasteiger partial charge in [0.05, 0.1) is 19.5 Å². The topological polar surface area (TPSA) is 117 Å². The molecule has 8 nitrogen and oxygen atoms in total. The average molecular weight is 812 g/mol. The quantitative estimate of drug-likeness (QED) is 0.0205. The van der Waals surface area contributed by atoms with E-state index in [2.05, 4.69) is 38.2 Å². The van der Waals surface area contributed by atoms with E-state index < -0.39 is 13.9 Å². The van der Waals surface area contributed by atoms with Gasteiger partial charge < -0.3 is 20.1 Å². The van der Waals surface area contributed by atoms with Gasteiger partial charge in [-0.25, -0.2) is 4.57 Å². The minimum atomic E-state index is -4.30.